The molecule has 3 heterocycles. The predicted molar refractivity (Wildman–Crippen MR) is 76.3 cm³/mol. The number of likely N-dealkylation sites (tertiary alicyclic amines) is 1. The number of pyridine rings is 1. The lowest BCUT2D eigenvalue weighted by Crippen LogP contribution is -2.39. The van der Waals surface area contributed by atoms with Gasteiger partial charge < -0.3 is 10.2 Å². The maximum atomic E-state index is 12.3. The summed E-state index contributed by atoms with van der Waals surface area (Å²) in [7, 11) is 0. The van der Waals surface area contributed by atoms with Crippen molar-refractivity contribution in [3.63, 3.8) is 0 Å². The molecular formula is C14H20ClN3O. The van der Waals surface area contributed by atoms with Crippen molar-refractivity contribution < 1.29 is 4.79 Å². The SMILES string of the molecule is Cl.O=C(Cc1cccnc1)N1CCC2CCC(C1)N2. The Balaban J connectivity index is 0.00000133. The topological polar surface area (TPSA) is 45.2 Å². The van der Waals surface area contributed by atoms with Crippen molar-refractivity contribution in [1.29, 1.82) is 0 Å². The van der Waals surface area contributed by atoms with E-state index in [0.29, 0.717) is 18.5 Å². The molecule has 2 bridgehead atoms. The van der Waals surface area contributed by atoms with E-state index in [-0.39, 0.29) is 18.3 Å². The second-order valence-corrected chi connectivity index (χ2v) is 5.30. The van der Waals surface area contributed by atoms with Crippen LogP contribution in [0.15, 0.2) is 24.5 Å². The van der Waals surface area contributed by atoms with Crippen LogP contribution in [0.3, 0.4) is 0 Å². The number of amides is 1. The summed E-state index contributed by atoms with van der Waals surface area (Å²) < 4.78 is 0. The number of nitrogens with zero attached hydrogens (tertiary/aromatic N) is 2. The van der Waals surface area contributed by atoms with Crippen molar-refractivity contribution in [1.82, 2.24) is 15.2 Å². The number of aromatic nitrogens is 1. The van der Waals surface area contributed by atoms with Crippen LogP contribution in [0, 0.1) is 0 Å². The molecule has 0 aliphatic carbocycles. The van der Waals surface area contributed by atoms with Crippen LogP contribution >= 0.6 is 12.4 Å². The molecule has 2 unspecified atom stereocenters. The molecule has 19 heavy (non-hydrogen) atoms. The highest BCUT2D eigenvalue weighted by atomic mass is 35.5. The minimum absolute atomic E-state index is 0. The van der Waals surface area contributed by atoms with E-state index in [9.17, 15) is 4.79 Å². The Hall–Kier alpha value is -1.13. The number of hydrogen-bond donors (Lipinski definition) is 1. The van der Waals surface area contributed by atoms with Gasteiger partial charge in [0.2, 0.25) is 5.91 Å². The third-order valence-corrected chi connectivity index (χ3v) is 3.95. The van der Waals surface area contributed by atoms with Gasteiger partial charge in [0.1, 0.15) is 0 Å². The average Bonchev–Trinajstić information content (AvgIpc) is 2.70. The molecule has 1 amide bonds. The number of hydrogen-bond acceptors (Lipinski definition) is 3. The van der Waals surface area contributed by atoms with E-state index in [2.05, 4.69) is 10.3 Å². The summed E-state index contributed by atoms with van der Waals surface area (Å²) in [5, 5.41) is 3.60. The molecule has 104 valence electrons. The van der Waals surface area contributed by atoms with Gasteiger partial charge in [0.25, 0.3) is 0 Å². The summed E-state index contributed by atoms with van der Waals surface area (Å²) in [6.07, 6.45) is 7.57. The van der Waals surface area contributed by atoms with Crippen LogP contribution in [-0.4, -0.2) is 41.0 Å². The molecule has 1 aromatic heterocycles. The first-order valence-corrected chi connectivity index (χ1v) is 6.74. The van der Waals surface area contributed by atoms with Crippen molar-refractivity contribution in [2.75, 3.05) is 13.1 Å². The molecule has 1 aromatic rings. The zero-order valence-corrected chi connectivity index (χ0v) is 11.7. The lowest BCUT2D eigenvalue weighted by atomic mass is 10.1. The maximum absolute atomic E-state index is 12.3. The molecular weight excluding hydrogens is 262 g/mol. The molecule has 3 rings (SSSR count). The molecule has 0 radical (unpaired) electrons. The highest BCUT2D eigenvalue weighted by Crippen LogP contribution is 2.20. The maximum Gasteiger partial charge on any atom is 0.227 e. The van der Waals surface area contributed by atoms with Crippen LogP contribution in [0.5, 0.6) is 0 Å². The van der Waals surface area contributed by atoms with E-state index < -0.39 is 0 Å². The fourth-order valence-corrected chi connectivity index (χ4v) is 2.96. The monoisotopic (exact) mass is 281 g/mol. The highest BCUT2D eigenvalue weighted by Gasteiger charge is 2.30. The van der Waals surface area contributed by atoms with Gasteiger partial charge in [-0.1, -0.05) is 6.07 Å². The van der Waals surface area contributed by atoms with Gasteiger partial charge in [-0.25, -0.2) is 0 Å². The number of carbonyl (C=O) groups is 1. The first kappa shape index (κ1) is 14.3. The number of halogens is 1. The second kappa shape index (κ2) is 6.35. The minimum atomic E-state index is 0. The van der Waals surface area contributed by atoms with Crippen molar-refractivity contribution in [3.8, 4) is 0 Å². The van der Waals surface area contributed by atoms with Gasteiger partial charge >= 0.3 is 0 Å². The van der Waals surface area contributed by atoms with E-state index in [4.69, 9.17) is 0 Å². The average molecular weight is 282 g/mol. The molecule has 2 aliphatic rings. The molecule has 2 aliphatic heterocycles. The van der Waals surface area contributed by atoms with Crippen LogP contribution in [0.2, 0.25) is 0 Å². The van der Waals surface area contributed by atoms with Crippen LogP contribution in [0.1, 0.15) is 24.8 Å². The van der Waals surface area contributed by atoms with Crippen molar-refractivity contribution in [3.05, 3.63) is 30.1 Å². The highest BCUT2D eigenvalue weighted by molar-refractivity contribution is 5.85. The van der Waals surface area contributed by atoms with Crippen LogP contribution in [0.4, 0.5) is 0 Å². The van der Waals surface area contributed by atoms with E-state index >= 15 is 0 Å². The molecule has 2 atom stereocenters. The standard InChI is InChI=1S/C14H19N3O.ClH/c18-14(8-11-2-1-6-15-9-11)17-7-5-12-3-4-13(10-17)16-12;/h1-2,6,9,12-13,16H,3-5,7-8,10H2;1H. The molecule has 0 spiro atoms. The first-order valence-electron chi connectivity index (χ1n) is 6.74. The Bertz CT molecular complexity index is 426. The molecule has 5 heteroatoms. The van der Waals surface area contributed by atoms with E-state index in [0.717, 1.165) is 25.1 Å². The van der Waals surface area contributed by atoms with E-state index in [1.165, 1.54) is 12.8 Å². The number of fused-ring (bicyclic) bond motifs is 2. The van der Waals surface area contributed by atoms with E-state index in [1.54, 1.807) is 12.4 Å². The van der Waals surface area contributed by atoms with Gasteiger partial charge in [-0.2, -0.15) is 0 Å². The molecule has 2 saturated heterocycles. The zero-order chi connectivity index (χ0) is 12.4. The summed E-state index contributed by atoms with van der Waals surface area (Å²) in [6, 6.07) is 4.99. The van der Waals surface area contributed by atoms with Crippen LogP contribution in [0.25, 0.3) is 0 Å². The van der Waals surface area contributed by atoms with Crippen molar-refractivity contribution in [2.45, 2.75) is 37.8 Å². The Morgan fingerprint density at radius 3 is 3.00 bits per heavy atom. The normalized spacial score (nSPS) is 25.6. The fraction of sp³-hybridized carbons (Fsp3) is 0.571. The van der Waals surface area contributed by atoms with Gasteiger partial charge in [0.05, 0.1) is 6.42 Å². The van der Waals surface area contributed by atoms with Crippen LogP contribution < -0.4 is 5.32 Å². The van der Waals surface area contributed by atoms with Gasteiger partial charge in [-0.05, 0) is 30.9 Å². The molecule has 2 fully saturated rings. The third kappa shape index (κ3) is 3.45. The summed E-state index contributed by atoms with van der Waals surface area (Å²) in [4.78, 5) is 18.3. The quantitative estimate of drug-likeness (QED) is 0.891. The third-order valence-electron chi connectivity index (χ3n) is 3.95. The summed E-state index contributed by atoms with van der Waals surface area (Å²) in [5.41, 5.74) is 1.00. The lowest BCUT2D eigenvalue weighted by Gasteiger charge is -2.24. The lowest BCUT2D eigenvalue weighted by molar-refractivity contribution is -0.130. The molecule has 1 N–H and O–H groups in total. The Labute approximate surface area is 120 Å². The molecule has 0 aromatic carbocycles. The molecule has 4 nitrogen and oxygen atoms in total. The summed E-state index contributed by atoms with van der Waals surface area (Å²) in [6.45, 7) is 1.77. The number of rotatable bonds is 2. The largest absolute Gasteiger partial charge is 0.341 e. The second-order valence-electron chi connectivity index (χ2n) is 5.30. The van der Waals surface area contributed by atoms with Crippen molar-refractivity contribution in [2.24, 2.45) is 0 Å². The number of carbonyl (C=O) groups excluding carboxylic acids is 1. The van der Waals surface area contributed by atoms with Crippen LogP contribution in [-0.2, 0) is 11.2 Å². The fourth-order valence-electron chi connectivity index (χ4n) is 2.96. The smallest absolute Gasteiger partial charge is 0.227 e. The van der Waals surface area contributed by atoms with Gasteiger partial charge in [0.15, 0.2) is 0 Å². The Morgan fingerprint density at radius 2 is 2.21 bits per heavy atom. The van der Waals surface area contributed by atoms with Gasteiger partial charge in [-0.3, -0.25) is 9.78 Å². The Morgan fingerprint density at radius 1 is 1.37 bits per heavy atom. The molecule has 0 saturated carbocycles. The predicted octanol–water partition coefficient (Wildman–Crippen LogP) is 1.40. The van der Waals surface area contributed by atoms with Gasteiger partial charge in [0, 0.05) is 37.6 Å². The minimum Gasteiger partial charge on any atom is -0.341 e. The van der Waals surface area contributed by atoms with E-state index in [1.807, 2.05) is 17.0 Å². The van der Waals surface area contributed by atoms with Gasteiger partial charge in [-0.15, -0.1) is 12.4 Å². The number of nitrogens with one attached hydrogen (secondary N) is 1. The summed E-state index contributed by atoms with van der Waals surface area (Å²) >= 11 is 0. The zero-order valence-electron chi connectivity index (χ0n) is 10.9. The Kier molecular flexibility index (Phi) is 4.77. The summed E-state index contributed by atoms with van der Waals surface area (Å²) in [5.74, 6) is 0.234. The van der Waals surface area contributed by atoms with Crippen molar-refractivity contribution >= 4 is 18.3 Å². The first-order chi connectivity index (χ1) is 8.81.